The van der Waals surface area contributed by atoms with Crippen LogP contribution in [-0.2, 0) is 4.74 Å². The Morgan fingerprint density at radius 1 is 1.25 bits per heavy atom. The third kappa shape index (κ3) is 8.30. The maximum Gasteiger partial charge on any atom is 0.0677 e. The van der Waals surface area contributed by atoms with Gasteiger partial charge >= 0.3 is 0 Å². The summed E-state index contributed by atoms with van der Waals surface area (Å²) in [5.74, 6) is 0.492. The van der Waals surface area contributed by atoms with Gasteiger partial charge < -0.3 is 10.1 Å². The summed E-state index contributed by atoms with van der Waals surface area (Å²) < 4.78 is 5.49. The van der Waals surface area contributed by atoms with Crippen LogP contribution in [0.25, 0.3) is 0 Å². The second kappa shape index (κ2) is 8.17. The van der Waals surface area contributed by atoms with Gasteiger partial charge in [-0.2, -0.15) is 0 Å². The molecule has 0 amide bonds. The number of ether oxygens (including phenoxy) is 1. The van der Waals surface area contributed by atoms with E-state index in [1.54, 1.807) is 0 Å². The van der Waals surface area contributed by atoms with Gasteiger partial charge in [0, 0.05) is 18.7 Å². The molecule has 2 heteroatoms. The van der Waals surface area contributed by atoms with Crippen molar-refractivity contribution >= 4 is 0 Å². The second-order valence-electron chi connectivity index (χ2n) is 4.53. The van der Waals surface area contributed by atoms with E-state index in [0.29, 0.717) is 19.1 Å². The summed E-state index contributed by atoms with van der Waals surface area (Å²) in [6.07, 6.45) is 0.832. The SMILES string of the molecule is C=C(C)CC(=C)NCCOCC(=C)C(C)C. The molecule has 0 aromatic heterocycles. The Labute approximate surface area is 100 Å². The Balaban J connectivity index is 3.44. The zero-order valence-electron chi connectivity index (χ0n) is 10.9. The van der Waals surface area contributed by atoms with E-state index in [2.05, 4.69) is 38.9 Å². The molecule has 0 bridgehead atoms. The van der Waals surface area contributed by atoms with E-state index in [1.807, 2.05) is 6.92 Å². The Bertz CT molecular complexity index is 253. The maximum absolute atomic E-state index is 5.49. The van der Waals surface area contributed by atoms with Gasteiger partial charge in [-0.3, -0.25) is 0 Å². The smallest absolute Gasteiger partial charge is 0.0677 e. The van der Waals surface area contributed by atoms with Crippen LogP contribution in [0.2, 0.25) is 0 Å². The van der Waals surface area contributed by atoms with Crippen molar-refractivity contribution in [2.75, 3.05) is 19.8 Å². The van der Waals surface area contributed by atoms with Crippen molar-refractivity contribution in [2.45, 2.75) is 27.2 Å². The molecule has 0 aromatic rings. The Morgan fingerprint density at radius 2 is 1.88 bits per heavy atom. The fraction of sp³-hybridized carbons (Fsp3) is 0.571. The molecule has 0 spiro atoms. The molecule has 0 aliphatic carbocycles. The van der Waals surface area contributed by atoms with Crippen LogP contribution in [0.1, 0.15) is 27.2 Å². The van der Waals surface area contributed by atoms with E-state index in [4.69, 9.17) is 4.74 Å². The minimum atomic E-state index is 0.492. The minimum Gasteiger partial charge on any atom is -0.386 e. The molecule has 0 heterocycles. The molecule has 0 fully saturated rings. The van der Waals surface area contributed by atoms with Crippen LogP contribution in [0.3, 0.4) is 0 Å². The lowest BCUT2D eigenvalue weighted by atomic mass is 10.1. The van der Waals surface area contributed by atoms with Crippen LogP contribution in [0, 0.1) is 5.92 Å². The van der Waals surface area contributed by atoms with Gasteiger partial charge in [0.15, 0.2) is 0 Å². The molecule has 92 valence electrons. The van der Waals surface area contributed by atoms with Gasteiger partial charge in [0.1, 0.15) is 0 Å². The van der Waals surface area contributed by atoms with E-state index in [9.17, 15) is 0 Å². The summed E-state index contributed by atoms with van der Waals surface area (Å²) >= 11 is 0. The molecule has 0 atom stereocenters. The Kier molecular flexibility index (Phi) is 7.65. The van der Waals surface area contributed by atoms with Crippen molar-refractivity contribution in [2.24, 2.45) is 5.92 Å². The van der Waals surface area contributed by atoms with Gasteiger partial charge in [0.05, 0.1) is 13.2 Å². The molecule has 0 rings (SSSR count). The normalized spacial score (nSPS) is 10.2. The van der Waals surface area contributed by atoms with E-state index < -0.39 is 0 Å². The van der Waals surface area contributed by atoms with Gasteiger partial charge in [-0.05, 0) is 18.4 Å². The van der Waals surface area contributed by atoms with Gasteiger partial charge in [-0.1, -0.05) is 39.2 Å². The Morgan fingerprint density at radius 3 is 2.38 bits per heavy atom. The highest BCUT2D eigenvalue weighted by Crippen LogP contribution is 2.06. The van der Waals surface area contributed by atoms with Crippen molar-refractivity contribution in [3.8, 4) is 0 Å². The van der Waals surface area contributed by atoms with E-state index in [0.717, 1.165) is 29.8 Å². The van der Waals surface area contributed by atoms with Gasteiger partial charge in [-0.15, -0.1) is 0 Å². The fourth-order valence-electron chi connectivity index (χ4n) is 1.10. The second-order valence-corrected chi connectivity index (χ2v) is 4.53. The quantitative estimate of drug-likeness (QED) is 0.478. The van der Waals surface area contributed by atoms with Crippen LogP contribution in [0.15, 0.2) is 36.6 Å². The number of hydrogen-bond donors (Lipinski definition) is 1. The first-order chi connectivity index (χ1) is 7.43. The van der Waals surface area contributed by atoms with Crippen molar-refractivity contribution in [3.63, 3.8) is 0 Å². The number of nitrogens with one attached hydrogen (secondary N) is 1. The average molecular weight is 223 g/mol. The molecule has 0 aliphatic rings. The lowest BCUT2D eigenvalue weighted by molar-refractivity contribution is 0.154. The van der Waals surface area contributed by atoms with E-state index >= 15 is 0 Å². The monoisotopic (exact) mass is 223 g/mol. The summed E-state index contributed by atoms with van der Waals surface area (Å²) in [5.41, 5.74) is 3.26. The molecular weight excluding hydrogens is 198 g/mol. The van der Waals surface area contributed by atoms with Gasteiger partial charge in [-0.25, -0.2) is 0 Å². The highest BCUT2D eigenvalue weighted by atomic mass is 16.5. The molecule has 2 nitrogen and oxygen atoms in total. The van der Waals surface area contributed by atoms with Crippen molar-refractivity contribution in [1.82, 2.24) is 5.32 Å². The molecular formula is C14H25NO. The highest BCUT2D eigenvalue weighted by Gasteiger charge is 1.99. The van der Waals surface area contributed by atoms with Crippen molar-refractivity contribution in [1.29, 1.82) is 0 Å². The first-order valence-corrected chi connectivity index (χ1v) is 5.75. The number of hydrogen-bond acceptors (Lipinski definition) is 2. The molecule has 0 saturated heterocycles. The largest absolute Gasteiger partial charge is 0.386 e. The van der Waals surface area contributed by atoms with E-state index in [1.165, 1.54) is 0 Å². The molecule has 16 heavy (non-hydrogen) atoms. The Hall–Kier alpha value is -1.02. The van der Waals surface area contributed by atoms with Crippen LogP contribution >= 0.6 is 0 Å². The van der Waals surface area contributed by atoms with Crippen LogP contribution in [-0.4, -0.2) is 19.8 Å². The third-order valence-electron chi connectivity index (χ3n) is 2.24. The number of allylic oxidation sites excluding steroid dienone is 1. The summed E-state index contributed by atoms with van der Waals surface area (Å²) in [4.78, 5) is 0. The molecule has 1 N–H and O–H groups in total. The fourth-order valence-corrected chi connectivity index (χ4v) is 1.10. The molecule has 0 saturated carbocycles. The van der Waals surface area contributed by atoms with Crippen molar-refractivity contribution < 1.29 is 4.74 Å². The average Bonchev–Trinajstić information content (AvgIpc) is 2.15. The summed E-state index contributed by atoms with van der Waals surface area (Å²) in [5, 5.41) is 3.21. The summed E-state index contributed by atoms with van der Waals surface area (Å²) in [6, 6.07) is 0. The van der Waals surface area contributed by atoms with Gasteiger partial charge in [0.25, 0.3) is 0 Å². The summed E-state index contributed by atoms with van der Waals surface area (Å²) in [7, 11) is 0. The number of rotatable bonds is 9. The lowest BCUT2D eigenvalue weighted by Crippen LogP contribution is -2.19. The van der Waals surface area contributed by atoms with E-state index in [-0.39, 0.29) is 0 Å². The lowest BCUT2D eigenvalue weighted by Gasteiger charge is -2.12. The van der Waals surface area contributed by atoms with Gasteiger partial charge in [0.2, 0.25) is 0 Å². The van der Waals surface area contributed by atoms with Crippen LogP contribution < -0.4 is 5.32 Å². The standard InChI is InChI=1S/C14H25NO/c1-11(2)9-14(6)15-7-8-16-10-13(5)12(3)4/h12,15H,1,5-10H2,2-4H3. The zero-order valence-corrected chi connectivity index (χ0v) is 10.9. The molecule has 0 radical (unpaired) electrons. The van der Waals surface area contributed by atoms with Crippen molar-refractivity contribution in [3.05, 3.63) is 36.6 Å². The first kappa shape index (κ1) is 15.0. The van der Waals surface area contributed by atoms with Crippen LogP contribution in [0.4, 0.5) is 0 Å². The maximum atomic E-state index is 5.49. The third-order valence-corrected chi connectivity index (χ3v) is 2.24. The topological polar surface area (TPSA) is 21.3 Å². The highest BCUT2D eigenvalue weighted by molar-refractivity contribution is 5.05. The predicted molar refractivity (Wildman–Crippen MR) is 71.4 cm³/mol. The first-order valence-electron chi connectivity index (χ1n) is 5.75. The minimum absolute atomic E-state index is 0.492. The van der Waals surface area contributed by atoms with Crippen LogP contribution in [0.5, 0.6) is 0 Å². The molecule has 0 aromatic carbocycles. The summed E-state index contributed by atoms with van der Waals surface area (Å²) in [6.45, 7) is 20.1. The zero-order chi connectivity index (χ0) is 12.6. The predicted octanol–water partition coefficient (Wildman–Crippen LogP) is 3.28. The molecule has 0 unspecified atom stereocenters. The molecule has 0 aliphatic heterocycles.